The maximum Gasteiger partial charge on any atom is 0.230 e. The van der Waals surface area contributed by atoms with Crippen molar-refractivity contribution in [3.8, 4) is 5.75 Å². The van der Waals surface area contributed by atoms with Gasteiger partial charge in [-0.1, -0.05) is 48.9 Å². The number of hydrogen-bond acceptors (Lipinski definition) is 3. The molecule has 0 aliphatic heterocycles. The van der Waals surface area contributed by atoms with E-state index >= 15 is 0 Å². The van der Waals surface area contributed by atoms with E-state index in [1.807, 2.05) is 24.3 Å². The summed E-state index contributed by atoms with van der Waals surface area (Å²) in [5.41, 5.74) is 3.61. The Balaban J connectivity index is 1.81. The van der Waals surface area contributed by atoms with Gasteiger partial charge >= 0.3 is 0 Å². The van der Waals surface area contributed by atoms with Gasteiger partial charge in [-0.15, -0.1) is 11.8 Å². The minimum Gasteiger partial charge on any atom is -0.497 e. The van der Waals surface area contributed by atoms with Crippen molar-refractivity contribution in [1.82, 2.24) is 5.32 Å². The van der Waals surface area contributed by atoms with Crippen LogP contribution in [-0.4, -0.2) is 18.8 Å². The minimum absolute atomic E-state index is 0.0448. The Hall–Kier alpha value is -1.94. The van der Waals surface area contributed by atoms with Crippen LogP contribution in [0.4, 0.5) is 0 Å². The Bertz CT molecular complexity index is 638. The molecule has 1 amide bonds. The van der Waals surface area contributed by atoms with Gasteiger partial charge in [0.2, 0.25) is 5.91 Å². The van der Waals surface area contributed by atoms with Gasteiger partial charge in [0.25, 0.3) is 0 Å². The number of ether oxygens (including phenoxy) is 1. The van der Waals surface area contributed by atoms with Crippen LogP contribution in [-0.2, 0) is 10.5 Å². The van der Waals surface area contributed by atoms with E-state index in [2.05, 4.69) is 43.4 Å². The van der Waals surface area contributed by atoms with Gasteiger partial charge in [-0.25, -0.2) is 0 Å². The van der Waals surface area contributed by atoms with Gasteiger partial charge in [-0.05, 0) is 36.6 Å². The number of nitrogens with one attached hydrogen (secondary N) is 1. The molecule has 1 N–H and O–H groups in total. The number of carbonyl (C=O) groups is 1. The highest BCUT2D eigenvalue weighted by atomic mass is 32.2. The number of hydrogen-bond donors (Lipinski definition) is 1. The first-order valence-electron chi connectivity index (χ1n) is 8.19. The van der Waals surface area contributed by atoms with Gasteiger partial charge in [-0.3, -0.25) is 4.79 Å². The second kappa shape index (κ2) is 9.38. The summed E-state index contributed by atoms with van der Waals surface area (Å²) in [7, 11) is 1.65. The second-order valence-electron chi connectivity index (χ2n) is 5.78. The van der Waals surface area contributed by atoms with Crippen LogP contribution < -0.4 is 10.1 Å². The molecular weight excluding hydrogens is 318 g/mol. The lowest BCUT2D eigenvalue weighted by Gasteiger charge is -2.17. The first-order valence-corrected chi connectivity index (χ1v) is 9.34. The van der Waals surface area contributed by atoms with E-state index in [-0.39, 0.29) is 11.9 Å². The zero-order valence-electron chi connectivity index (χ0n) is 14.5. The van der Waals surface area contributed by atoms with E-state index in [0.29, 0.717) is 5.75 Å². The molecule has 0 radical (unpaired) electrons. The number of amides is 1. The lowest BCUT2D eigenvalue weighted by atomic mass is 10.0. The largest absolute Gasteiger partial charge is 0.497 e. The predicted octanol–water partition coefficient (Wildman–Crippen LogP) is 4.50. The molecule has 0 unspecified atom stereocenters. The van der Waals surface area contributed by atoms with Crippen LogP contribution in [0.3, 0.4) is 0 Å². The predicted molar refractivity (Wildman–Crippen MR) is 102 cm³/mol. The smallest absolute Gasteiger partial charge is 0.230 e. The molecule has 0 spiro atoms. The monoisotopic (exact) mass is 343 g/mol. The minimum atomic E-state index is 0.0448. The molecule has 0 saturated heterocycles. The van der Waals surface area contributed by atoms with Crippen LogP contribution >= 0.6 is 11.8 Å². The van der Waals surface area contributed by atoms with Crippen LogP contribution in [0.15, 0.2) is 48.5 Å². The number of benzene rings is 2. The Morgan fingerprint density at radius 2 is 1.79 bits per heavy atom. The molecule has 4 heteroatoms. The van der Waals surface area contributed by atoms with Crippen LogP contribution in [0.2, 0.25) is 0 Å². The van der Waals surface area contributed by atoms with Crippen molar-refractivity contribution in [1.29, 1.82) is 0 Å². The number of carbonyl (C=O) groups excluding carboxylic acids is 1. The van der Waals surface area contributed by atoms with E-state index < -0.39 is 0 Å². The molecule has 0 aromatic heterocycles. The normalized spacial score (nSPS) is 11.8. The summed E-state index contributed by atoms with van der Waals surface area (Å²) in [5.74, 6) is 2.23. The second-order valence-corrected chi connectivity index (χ2v) is 6.77. The average Bonchev–Trinajstić information content (AvgIpc) is 2.61. The molecular formula is C20H25NO2S. The van der Waals surface area contributed by atoms with E-state index in [0.717, 1.165) is 23.5 Å². The average molecular weight is 343 g/mol. The van der Waals surface area contributed by atoms with Crippen LogP contribution in [0.5, 0.6) is 5.75 Å². The zero-order valence-corrected chi connectivity index (χ0v) is 15.4. The van der Waals surface area contributed by atoms with Crippen molar-refractivity contribution in [3.05, 3.63) is 65.2 Å². The fourth-order valence-electron chi connectivity index (χ4n) is 2.44. The molecule has 24 heavy (non-hydrogen) atoms. The topological polar surface area (TPSA) is 38.3 Å². The number of thioether (sulfide) groups is 1. The standard InChI is InChI=1S/C20H25NO2S/c1-4-19(17-9-11-18(23-3)12-10-17)21-20(22)14-24-13-16-7-5-15(2)6-8-16/h5-12,19H,4,13-14H2,1-3H3,(H,21,22)/t19-/m0/s1. The summed E-state index contributed by atoms with van der Waals surface area (Å²) < 4.78 is 5.18. The van der Waals surface area contributed by atoms with Gasteiger partial charge in [0.05, 0.1) is 18.9 Å². The van der Waals surface area contributed by atoms with Crippen LogP contribution in [0, 0.1) is 6.92 Å². The highest BCUT2D eigenvalue weighted by Gasteiger charge is 2.12. The molecule has 0 aliphatic rings. The van der Waals surface area contributed by atoms with Crippen molar-refractivity contribution in [3.63, 3.8) is 0 Å². The van der Waals surface area contributed by atoms with Crippen molar-refractivity contribution in [2.75, 3.05) is 12.9 Å². The van der Waals surface area contributed by atoms with Crippen molar-refractivity contribution in [2.24, 2.45) is 0 Å². The fourth-order valence-corrected chi connectivity index (χ4v) is 3.24. The molecule has 0 heterocycles. The summed E-state index contributed by atoms with van der Waals surface area (Å²) in [5, 5.41) is 3.12. The number of methoxy groups -OCH3 is 1. The highest BCUT2D eigenvalue weighted by molar-refractivity contribution is 7.99. The Morgan fingerprint density at radius 1 is 1.12 bits per heavy atom. The van der Waals surface area contributed by atoms with Crippen LogP contribution in [0.1, 0.15) is 36.1 Å². The molecule has 0 aliphatic carbocycles. The van der Waals surface area contributed by atoms with Crippen LogP contribution in [0.25, 0.3) is 0 Å². The summed E-state index contributed by atoms with van der Waals surface area (Å²) in [6.07, 6.45) is 0.862. The lowest BCUT2D eigenvalue weighted by molar-refractivity contribution is -0.119. The number of rotatable bonds is 8. The SMILES string of the molecule is CC[C@H](NC(=O)CSCc1ccc(C)cc1)c1ccc(OC)cc1. The third-order valence-electron chi connectivity index (χ3n) is 3.88. The van der Waals surface area contributed by atoms with E-state index in [9.17, 15) is 4.79 Å². The molecule has 1 atom stereocenters. The molecule has 3 nitrogen and oxygen atoms in total. The van der Waals surface area contributed by atoms with Gasteiger partial charge < -0.3 is 10.1 Å². The molecule has 128 valence electrons. The van der Waals surface area contributed by atoms with Crippen molar-refractivity contribution < 1.29 is 9.53 Å². The Morgan fingerprint density at radius 3 is 2.38 bits per heavy atom. The Kier molecular flexibility index (Phi) is 7.19. The van der Waals surface area contributed by atoms with Crippen molar-refractivity contribution in [2.45, 2.75) is 32.1 Å². The van der Waals surface area contributed by atoms with Crippen molar-refractivity contribution >= 4 is 17.7 Å². The van der Waals surface area contributed by atoms with Gasteiger partial charge in [0.15, 0.2) is 0 Å². The number of aryl methyl sites for hydroxylation is 1. The van der Waals surface area contributed by atoms with E-state index in [4.69, 9.17) is 4.74 Å². The first-order chi connectivity index (χ1) is 11.6. The van der Waals surface area contributed by atoms with Gasteiger partial charge in [0.1, 0.15) is 5.75 Å². The zero-order chi connectivity index (χ0) is 17.4. The summed E-state index contributed by atoms with van der Waals surface area (Å²) >= 11 is 1.64. The summed E-state index contributed by atoms with van der Waals surface area (Å²) in [6.45, 7) is 4.16. The molecule has 2 rings (SSSR count). The molecule has 0 saturated carbocycles. The van der Waals surface area contributed by atoms with Gasteiger partial charge in [-0.2, -0.15) is 0 Å². The van der Waals surface area contributed by atoms with Gasteiger partial charge in [0, 0.05) is 5.75 Å². The summed E-state index contributed by atoms with van der Waals surface area (Å²) in [6, 6.07) is 16.4. The molecule has 0 bridgehead atoms. The third kappa shape index (κ3) is 5.60. The third-order valence-corrected chi connectivity index (χ3v) is 4.89. The van der Waals surface area contributed by atoms with E-state index in [1.165, 1.54) is 11.1 Å². The fraction of sp³-hybridized carbons (Fsp3) is 0.350. The first kappa shape index (κ1) is 18.4. The summed E-state index contributed by atoms with van der Waals surface area (Å²) in [4.78, 5) is 12.2. The lowest BCUT2D eigenvalue weighted by Crippen LogP contribution is -2.29. The van der Waals surface area contributed by atoms with E-state index in [1.54, 1.807) is 18.9 Å². The maximum atomic E-state index is 12.2. The molecule has 2 aromatic carbocycles. The quantitative estimate of drug-likeness (QED) is 0.767. The Labute approximate surface area is 148 Å². The molecule has 0 fully saturated rings. The highest BCUT2D eigenvalue weighted by Crippen LogP contribution is 2.20. The molecule has 2 aromatic rings. The maximum absolute atomic E-state index is 12.2.